The maximum absolute atomic E-state index is 2.36. The van der Waals surface area contributed by atoms with Crippen LogP contribution in [0.4, 0.5) is 0 Å². The van der Waals surface area contributed by atoms with Crippen molar-refractivity contribution >= 4 is 0 Å². The minimum atomic E-state index is 0.940. The predicted molar refractivity (Wildman–Crippen MR) is 80.3 cm³/mol. The Morgan fingerprint density at radius 1 is 0.842 bits per heavy atom. The summed E-state index contributed by atoms with van der Waals surface area (Å²) in [5.41, 5.74) is 7.68. The normalized spacial score (nSPS) is 17.5. The van der Waals surface area contributed by atoms with E-state index in [0.29, 0.717) is 0 Å². The van der Waals surface area contributed by atoms with Crippen molar-refractivity contribution in [3.05, 3.63) is 59.2 Å². The van der Waals surface area contributed by atoms with Gasteiger partial charge in [-0.2, -0.15) is 0 Å². The van der Waals surface area contributed by atoms with Crippen molar-refractivity contribution in [2.45, 2.75) is 38.5 Å². The van der Waals surface area contributed by atoms with Crippen molar-refractivity contribution in [3.63, 3.8) is 0 Å². The van der Waals surface area contributed by atoms with Gasteiger partial charge in [0, 0.05) is 0 Å². The molecule has 0 saturated heterocycles. The topological polar surface area (TPSA) is 0 Å². The van der Waals surface area contributed by atoms with E-state index >= 15 is 0 Å². The van der Waals surface area contributed by atoms with Crippen molar-refractivity contribution in [1.82, 2.24) is 0 Å². The van der Waals surface area contributed by atoms with Gasteiger partial charge >= 0.3 is 0 Å². The molecule has 2 aliphatic rings. The third-order valence-electron chi connectivity index (χ3n) is 4.93. The fraction of sp³-hybridized carbons (Fsp3) is 0.368. The molecule has 96 valence electrons. The molecule has 0 unspecified atom stereocenters. The lowest BCUT2D eigenvalue weighted by Gasteiger charge is -2.13. The largest absolute Gasteiger partial charge is 0.0619 e. The first kappa shape index (κ1) is 11.3. The molecule has 19 heavy (non-hydrogen) atoms. The lowest BCUT2D eigenvalue weighted by molar-refractivity contribution is 0.545. The molecule has 0 radical (unpaired) electrons. The lowest BCUT2D eigenvalue weighted by atomic mass is 9.92. The van der Waals surface area contributed by atoms with Gasteiger partial charge in [0.1, 0.15) is 0 Å². The van der Waals surface area contributed by atoms with Crippen LogP contribution in [0.2, 0.25) is 0 Å². The van der Waals surface area contributed by atoms with Crippen molar-refractivity contribution in [2.75, 3.05) is 0 Å². The molecule has 1 saturated carbocycles. The molecule has 0 N–H and O–H groups in total. The van der Waals surface area contributed by atoms with Crippen LogP contribution in [0.25, 0.3) is 11.1 Å². The third-order valence-corrected chi connectivity index (χ3v) is 4.93. The summed E-state index contributed by atoms with van der Waals surface area (Å²) in [5.74, 6) is 0.940. The van der Waals surface area contributed by atoms with Crippen LogP contribution in [0.5, 0.6) is 0 Å². The van der Waals surface area contributed by atoms with Crippen LogP contribution >= 0.6 is 0 Å². The molecule has 0 nitrogen and oxygen atoms in total. The van der Waals surface area contributed by atoms with E-state index < -0.39 is 0 Å². The minimum absolute atomic E-state index is 0.940. The zero-order valence-corrected chi connectivity index (χ0v) is 11.4. The van der Waals surface area contributed by atoms with Gasteiger partial charge in [0.25, 0.3) is 0 Å². The van der Waals surface area contributed by atoms with Gasteiger partial charge in [0.15, 0.2) is 0 Å². The van der Waals surface area contributed by atoms with Gasteiger partial charge in [0.05, 0.1) is 0 Å². The maximum Gasteiger partial charge on any atom is -0.00107 e. The van der Waals surface area contributed by atoms with Crippen molar-refractivity contribution in [2.24, 2.45) is 5.92 Å². The Morgan fingerprint density at radius 2 is 1.63 bits per heavy atom. The average Bonchev–Trinajstić information content (AvgIpc) is 3.06. The summed E-state index contributed by atoms with van der Waals surface area (Å²) in [4.78, 5) is 0. The van der Waals surface area contributed by atoms with E-state index in [1.165, 1.54) is 48.8 Å². The highest BCUT2D eigenvalue weighted by Gasteiger charge is 2.22. The standard InChI is InChI=1S/C19H20/c1-2-7-14(6-1)12-15-9-5-11-18-17-10-4-3-8-16(17)13-19(15)18/h3-5,8-11,14H,1-2,6-7,12-13H2. The summed E-state index contributed by atoms with van der Waals surface area (Å²) in [6.45, 7) is 0. The highest BCUT2D eigenvalue weighted by molar-refractivity contribution is 5.77. The summed E-state index contributed by atoms with van der Waals surface area (Å²) >= 11 is 0. The molecule has 2 aromatic rings. The van der Waals surface area contributed by atoms with E-state index in [4.69, 9.17) is 0 Å². The van der Waals surface area contributed by atoms with Crippen LogP contribution in [0.15, 0.2) is 42.5 Å². The monoisotopic (exact) mass is 248 g/mol. The van der Waals surface area contributed by atoms with Gasteiger partial charge < -0.3 is 0 Å². The zero-order chi connectivity index (χ0) is 12.7. The maximum atomic E-state index is 2.36. The molecule has 4 rings (SSSR count). The van der Waals surface area contributed by atoms with Crippen molar-refractivity contribution in [1.29, 1.82) is 0 Å². The molecule has 0 amide bonds. The molecule has 0 aromatic heterocycles. The van der Waals surface area contributed by atoms with Gasteiger partial charge in [-0.05, 0) is 46.6 Å². The number of fused-ring (bicyclic) bond motifs is 3. The van der Waals surface area contributed by atoms with Crippen LogP contribution < -0.4 is 0 Å². The van der Waals surface area contributed by atoms with Crippen LogP contribution in [-0.4, -0.2) is 0 Å². The van der Waals surface area contributed by atoms with E-state index in [1.807, 2.05) is 0 Å². The Morgan fingerprint density at radius 3 is 2.53 bits per heavy atom. The first-order chi connectivity index (χ1) is 9.42. The first-order valence-corrected chi connectivity index (χ1v) is 7.61. The zero-order valence-electron chi connectivity index (χ0n) is 11.4. The summed E-state index contributed by atoms with van der Waals surface area (Å²) in [6, 6.07) is 15.8. The summed E-state index contributed by atoms with van der Waals surface area (Å²) in [7, 11) is 0. The van der Waals surface area contributed by atoms with Crippen LogP contribution in [0, 0.1) is 5.92 Å². The minimum Gasteiger partial charge on any atom is -0.0619 e. The summed E-state index contributed by atoms with van der Waals surface area (Å²) < 4.78 is 0. The van der Waals surface area contributed by atoms with Gasteiger partial charge in [0.2, 0.25) is 0 Å². The molecule has 0 spiro atoms. The first-order valence-electron chi connectivity index (χ1n) is 7.61. The van der Waals surface area contributed by atoms with Crippen molar-refractivity contribution < 1.29 is 0 Å². The summed E-state index contributed by atoms with van der Waals surface area (Å²) in [6.07, 6.45) is 8.22. The predicted octanol–water partition coefficient (Wildman–Crippen LogP) is 4.99. The van der Waals surface area contributed by atoms with E-state index in [9.17, 15) is 0 Å². The van der Waals surface area contributed by atoms with E-state index in [0.717, 1.165) is 12.3 Å². The lowest BCUT2D eigenvalue weighted by Crippen LogP contribution is -2.01. The molecule has 0 heteroatoms. The second-order valence-corrected chi connectivity index (χ2v) is 6.13. The Labute approximate surface area is 115 Å². The molecule has 2 aliphatic carbocycles. The SMILES string of the molecule is c1ccc2c(c1)Cc1c(CC3CCCC3)cccc1-2. The fourth-order valence-corrected chi connectivity index (χ4v) is 3.94. The highest BCUT2D eigenvalue weighted by Crippen LogP contribution is 2.39. The number of benzene rings is 2. The number of hydrogen-bond acceptors (Lipinski definition) is 0. The van der Waals surface area contributed by atoms with E-state index in [2.05, 4.69) is 42.5 Å². The smallest absolute Gasteiger partial charge is 0.00107 e. The molecule has 2 aromatic carbocycles. The summed E-state index contributed by atoms with van der Waals surface area (Å²) in [5, 5.41) is 0. The second-order valence-electron chi connectivity index (χ2n) is 6.13. The quantitative estimate of drug-likeness (QED) is 0.599. The van der Waals surface area contributed by atoms with Crippen LogP contribution in [0.1, 0.15) is 42.4 Å². The Bertz CT molecular complexity index is 603. The molecular formula is C19H20. The Hall–Kier alpha value is -1.56. The number of rotatable bonds is 2. The molecule has 0 bridgehead atoms. The molecule has 1 fully saturated rings. The van der Waals surface area contributed by atoms with Gasteiger partial charge in [-0.15, -0.1) is 0 Å². The van der Waals surface area contributed by atoms with E-state index in [1.54, 1.807) is 11.1 Å². The van der Waals surface area contributed by atoms with Crippen LogP contribution in [0.3, 0.4) is 0 Å². The molecule has 0 aliphatic heterocycles. The van der Waals surface area contributed by atoms with Crippen LogP contribution in [-0.2, 0) is 12.8 Å². The molecular weight excluding hydrogens is 228 g/mol. The molecule has 0 atom stereocenters. The van der Waals surface area contributed by atoms with Crippen molar-refractivity contribution in [3.8, 4) is 11.1 Å². The van der Waals surface area contributed by atoms with E-state index in [-0.39, 0.29) is 0 Å². The Kier molecular flexibility index (Phi) is 2.69. The third kappa shape index (κ3) is 1.90. The Balaban J connectivity index is 1.72. The van der Waals surface area contributed by atoms with Gasteiger partial charge in [-0.1, -0.05) is 68.1 Å². The van der Waals surface area contributed by atoms with Gasteiger partial charge in [-0.3, -0.25) is 0 Å². The fourth-order valence-electron chi connectivity index (χ4n) is 3.94. The molecule has 0 heterocycles. The second kappa shape index (κ2) is 4.52. The average molecular weight is 248 g/mol. The number of hydrogen-bond donors (Lipinski definition) is 0. The highest BCUT2D eigenvalue weighted by atomic mass is 14.3. The van der Waals surface area contributed by atoms with Gasteiger partial charge in [-0.25, -0.2) is 0 Å².